The van der Waals surface area contributed by atoms with Crippen molar-refractivity contribution in [2.45, 2.75) is 19.9 Å². The molecule has 1 aromatic carbocycles. The number of carbonyl (C=O) groups is 2. The lowest BCUT2D eigenvalue weighted by molar-refractivity contribution is -0.117. The summed E-state index contributed by atoms with van der Waals surface area (Å²) in [6.45, 7) is 3.16. The molecule has 1 heterocycles. The summed E-state index contributed by atoms with van der Waals surface area (Å²) >= 11 is 0. The predicted molar refractivity (Wildman–Crippen MR) is 75.4 cm³/mol. The maximum atomic E-state index is 11.9. The van der Waals surface area contributed by atoms with E-state index in [2.05, 4.69) is 10.3 Å². The van der Waals surface area contributed by atoms with Crippen molar-refractivity contribution in [3.8, 4) is 0 Å². The van der Waals surface area contributed by atoms with Gasteiger partial charge >= 0.3 is 0 Å². The maximum Gasteiger partial charge on any atom is 0.292 e. The van der Waals surface area contributed by atoms with Crippen molar-refractivity contribution in [1.29, 1.82) is 0 Å². The highest BCUT2D eigenvalue weighted by Crippen LogP contribution is 2.04. The van der Waals surface area contributed by atoms with Gasteiger partial charge in [0.1, 0.15) is 0 Å². The minimum absolute atomic E-state index is 0.419. The number of nitrogens with one attached hydrogen (secondary N) is 1. The van der Waals surface area contributed by atoms with Crippen LogP contribution in [0.1, 0.15) is 22.3 Å². The minimum atomic E-state index is -0.556. The molecule has 0 aliphatic rings. The number of Topliss-reactive ketones (excluding diaryl/α,β-unsaturated/α-hetero) is 1. The lowest BCUT2D eigenvalue weighted by atomic mass is 10.1. The van der Waals surface area contributed by atoms with E-state index in [9.17, 15) is 9.59 Å². The van der Waals surface area contributed by atoms with E-state index >= 15 is 0 Å². The van der Waals surface area contributed by atoms with Crippen molar-refractivity contribution in [3.63, 3.8) is 0 Å². The summed E-state index contributed by atoms with van der Waals surface area (Å²) in [6.07, 6.45) is 6.04. The fraction of sp³-hybridized carbons (Fsp3) is 0.267. The third kappa shape index (κ3) is 3.78. The van der Waals surface area contributed by atoms with Gasteiger partial charge in [0.25, 0.3) is 5.91 Å². The summed E-state index contributed by atoms with van der Waals surface area (Å²) in [5, 5.41) is 2.64. The number of carbonyl (C=O) groups excluding carboxylic acids is 2. The molecule has 1 aromatic heterocycles. The Morgan fingerprint density at radius 3 is 2.65 bits per heavy atom. The van der Waals surface area contributed by atoms with Gasteiger partial charge in [-0.3, -0.25) is 9.59 Å². The van der Waals surface area contributed by atoms with E-state index in [-0.39, 0.29) is 0 Å². The predicted octanol–water partition coefficient (Wildman–Crippen LogP) is 1.58. The monoisotopic (exact) mass is 271 g/mol. The Labute approximate surface area is 117 Å². The molecule has 0 atom stereocenters. The Hall–Kier alpha value is -2.43. The Kier molecular flexibility index (Phi) is 4.65. The number of aromatic nitrogens is 2. The van der Waals surface area contributed by atoms with Gasteiger partial charge in [-0.05, 0) is 13.3 Å². The number of hydrogen-bond acceptors (Lipinski definition) is 3. The lowest BCUT2D eigenvalue weighted by Crippen LogP contribution is -2.32. The topological polar surface area (TPSA) is 64.0 Å². The highest BCUT2D eigenvalue weighted by molar-refractivity contribution is 6.42. The second-order valence-electron chi connectivity index (χ2n) is 4.61. The summed E-state index contributed by atoms with van der Waals surface area (Å²) in [6, 6.07) is 6.98. The van der Waals surface area contributed by atoms with E-state index in [1.165, 1.54) is 0 Å². The van der Waals surface area contributed by atoms with Crippen LogP contribution in [0, 0.1) is 6.92 Å². The van der Waals surface area contributed by atoms with Crippen LogP contribution < -0.4 is 5.32 Å². The Morgan fingerprint density at radius 2 is 2.00 bits per heavy atom. The van der Waals surface area contributed by atoms with E-state index in [4.69, 9.17) is 0 Å². The van der Waals surface area contributed by atoms with Crippen LogP contribution in [0.3, 0.4) is 0 Å². The van der Waals surface area contributed by atoms with Gasteiger partial charge in [-0.15, -0.1) is 0 Å². The lowest BCUT2D eigenvalue weighted by Gasteiger charge is -2.05. The van der Waals surface area contributed by atoms with E-state index in [0.29, 0.717) is 12.1 Å². The molecule has 5 nitrogen and oxygen atoms in total. The van der Waals surface area contributed by atoms with Gasteiger partial charge in [0.15, 0.2) is 0 Å². The first-order valence-corrected chi connectivity index (χ1v) is 6.52. The summed E-state index contributed by atoms with van der Waals surface area (Å²) in [4.78, 5) is 27.5. The van der Waals surface area contributed by atoms with Crippen LogP contribution in [0.5, 0.6) is 0 Å². The average molecular weight is 271 g/mol. The third-order valence-corrected chi connectivity index (χ3v) is 2.96. The van der Waals surface area contributed by atoms with Gasteiger partial charge in [-0.2, -0.15) is 0 Å². The van der Waals surface area contributed by atoms with Crippen LogP contribution in [0.4, 0.5) is 0 Å². The highest BCUT2D eigenvalue weighted by Gasteiger charge is 2.14. The molecule has 0 radical (unpaired) electrons. The van der Waals surface area contributed by atoms with Crippen LogP contribution >= 0.6 is 0 Å². The standard InChI is InChI=1S/C15H17N3O2/c1-12-3-5-13(6-4-12)14(19)15(20)17-7-2-9-18-10-8-16-11-18/h3-6,8,10-11H,2,7,9H2,1H3,(H,17,20). The molecule has 0 spiro atoms. The fourth-order valence-electron chi connectivity index (χ4n) is 1.80. The first-order valence-electron chi connectivity index (χ1n) is 6.52. The summed E-state index contributed by atoms with van der Waals surface area (Å²) in [7, 11) is 0. The number of nitrogens with zero attached hydrogens (tertiary/aromatic N) is 2. The van der Waals surface area contributed by atoms with Gasteiger partial charge in [0, 0.05) is 31.0 Å². The number of imidazole rings is 1. The second kappa shape index (κ2) is 6.65. The molecule has 0 aliphatic carbocycles. The van der Waals surface area contributed by atoms with Crippen LogP contribution in [-0.4, -0.2) is 27.8 Å². The van der Waals surface area contributed by atoms with Crippen molar-refractivity contribution in [1.82, 2.24) is 14.9 Å². The van der Waals surface area contributed by atoms with Crippen molar-refractivity contribution >= 4 is 11.7 Å². The average Bonchev–Trinajstić information content (AvgIpc) is 2.96. The first-order chi connectivity index (χ1) is 9.66. The van der Waals surface area contributed by atoms with Crippen molar-refractivity contribution in [2.24, 2.45) is 0 Å². The SMILES string of the molecule is Cc1ccc(C(=O)C(=O)NCCCn2ccnc2)cc1. The molecule has 1 N–H and O–H groups in total. The van der Waals surface area contributed by atoms with Crippen LogP contribution in [0.2, 0.25) is 0 Å². The summed E-state index contributed by atoms with van der Waals surface area (Å²) < 4.78 is 1.92. The Morgan fingerprint density at radius 1 is 1.25 bits per heavy atom. The number of rotatable bonds is 6. The highest BCUT2D eigenvalue weighted by atomic mass is 16.2. The molecule has 0 unspecified atom stereocenters. The largest absolute Gasteiger partial charge is 0.349 e. The molecular weight excluding hydrogens is 254 g/mol. The quantitative estimate of drug-likeness (QED) is 0.493. The number of aryl methyl sites for hydroxylation is 2. The number of ketones is 1. The summed E-state index contributed by atoms with van der Waals surface area (Å²) in [5.74, 6) is -1.05. The van der Waals surface area contributed by atoms with Crippen LogP contribution in [-0.2, 0) is 11.3 Å². The molecule has 1 amide bonds. The van der Waals surface area contributed by atoms with E-state index in [0.717, 1.165) is 18.5 Å². The van der Waals surface area contributed by atoms with Gasteiger partial charge in [-0.25, -0.2) is 4.98 Å². The third-order valence-electron chi connectivity index (χ3n) is 2.96. The Bertz CT molecular complexity index is 574. The fourth-order valence-corrected chi connectivity index (χ4v) is 1.80. The van der Waals surface area contributed by atoms with Gasteiger partial charge in [0.05, 0.1) is 6.33 Å². The van der Waals surface area contributed by atoms with Crippen molar-refractivity contribution in [3.05, 3.63) is 54.1 Å². The molecule has 0 saturated carbocycles. The normalized spacial score (nSPS) is 10.2. The van der Waals surface area contributed by atoms with E-state index in [1.807, 2.05) is 29.8 Å². The smallest absolute Gasteiger partial charge is 0.292 e. The van der Waals surface area contributed by atoms with Crippen molar-refractivity contribution in [2.75, 3.05) is 6.54 Å². The molecule has 2 aromatic rings. The molecule has 0 aliphatic heterocycles. The van der Waals surface area contributed by atoms with Gasteiger partial charge < -0.3 is 9.88 Å². The van der Waals surface area contributed by atoms with E-state index < -0.39 is 11.7 Å². The molecule has 5 heteroatoms. The minimum Gasteiger partial charge on any atom is -0.349 e. The van der Waals surface area contributed by atoms with Crippen molar-refractivity contribution < 1.29 is 9.59 Å². The van der Waals surface area contributed by atoms with Crippen LogP contribution in [0.25, 0.3) is 0 Å². The zero-order chi connectivity index (χ0) is 14.4. The first kappa shape index (κ1) is 14.0. The van der Waals surface area contributed by atoms with E-state index in [1.54, 1.807) is 24.7 Å². The molecule has 2 rings (SSSR count). The number of benzene rings is 1. The van der Waals surface area contributed by atoms with Gasteiger partial charge in [0.2, 0.25) is 5.78 Å². The van der Waals surface area contributed by atoms with Gasteiger partial charge in [-0.1, -0.05) is 29.8 Å². The summed E-state index contributed by atoms with van der Waals surface area (Å²) in [5.41, 5.74) is 1.48. The van der Waals surface area contributed by atoms with Crippen LogP contribution in [0.15, 0.2) is 43.0 Å². The number of hydrogen-bond donors (Lipinski definition) is 1. The zero-order valence-electron chi connectivity index (χ0n) is 11.4. The molecule has 20 heavy (non-hydrogen) atoms. The molecule has 104 valence electrons. The second-order valence-corrected chi connectivity index (χ2v) is 4.61. The molecule has 0 bridgehead atoms. The number of amides is 1. The molecular formula is C15H17N3O2. The molecule has 0 fully saturated rings. The zero-order valence-corrected chi connectivity index (χ0v) is 11.4. The molecule has 0 saturated heterocycles. The Balaban J connectivity index is 1.76. The maximum absolute atomic E-state index is 11.9.